The number of likely N-dealkylation sites (tertiary alicyclic amines) is 1. The monoisotopic (exact) mass is 362 g/mol. The van der Waals surface area contributed by atoms with Gasteiger partial charge in [-0.2, -0.15) is 0 Å². The molecule has 0 saturated carbocycles. The minimum Gasteiger partial charge on any atom is -0.480 e. The highest BCUT2D eigenvalue weighted by Gasteiger charge is 2.27. The lowest BCUT2D eigenvalue weighted by Gasteiger charge is -2.28. The van der Waals surface area contributed by atoms with Crippen LogP contribution in [0.25, 0.3) is 0 Å². The van der Waals surface area contributed by atoms with Gasteiger partial charge < -0.3 is 19.6 Å². The first-order chi connectivity index (χ1) is 12.4. The van der Waals surface area contributed by atoms with Gasteiger partial charge in [0.05, 0.1) is 6.61 Å². The van der Waals surface area contributed by atoms with Crippen LogP contribution in [0.1, 0.15) is 42.1 Å². The summed E-state index contributed by atoms with van der Waals surface area (Å²) in [6.07, 6.45) is 2.02. The van der Waals surface area contributed by atoms with Crippen LogP contribution in [0.2, 0.25) is 0 Å². The molecule has 2 amide bonds. The largest absolute Gasteiger partial charge is 0.480 e. The van der Waals surface area contributed by atoms with Gasteiger partial charge in [0.1, 0.15) is 6.54 Å². The van der Waals surface area contributed by atoms with E-state index in [0.29, 0.717) is 38.1 Å². The van der Waals surface area contributed by atoms with Crippen LogP contribution in [0.4, 0.5) is 0 Å². The van der Waals surface area contributed by atoms with E-state index in [1.165, 1.54) is 11.8 Å². The highest BCUT2D eigenvalue weighted by Crippen LogP contribution is 2.19. The number of ether oxygens (including phenoxy) is 1. The van der Waals surface area contributed by atoms with E-state index in [1.807, 2.05) is 12.1 Å². The molecule has 1 aliphatic heterocycles. The van der Waals surface area contributed by atoms with E-state index in [2.05, 4.69) is 0 Å². The zero-order chi connectivity index (χ0) is 19.1. The molecule has 1 heterocycles. The molecule has 1 saturated heterocycles. The Morgan fingerprint density at radius 2 is 1.88 bits per heavy atom. The zero-order valence-electron chi connectivity index (χ0n) is 15.3. The van der Waals surface area contributed by atoms with Gasteiger partial charge in [0.15, 0.2) is 0 Å². The zero-order valence-corrected chi connectivity index (χ0v) is 15.3. The van der Waals surface area contributed by atoms with Crippen LogP contribution in [0, 0.1) is 0 Å². The maximum atomic E-state index is 12.7. The van der Waals surface area contributed by atoms with Crippen molar-refractivity contribution >= 4 is 17.8 Å². The van der Waals surface area contributed by atoms with Crippen molar-refractivity contribution in [3.05, 3.63) is 35.4 Å². The molecule has 2 rings (SSSR count). The second-order valence-corrected chi connectivity index (χ2v) is 6.55. The van der Waals surface area contributed by atoms with Crippen molar-refractivity contribution in [3.63, 3.8) is 0 Å². The summed E-state index contributed by atoms with van der Waals surface area (Å²) in [5, 5.41) is 9.02. The fourth-order valence-electron chi connectivity index (χ4n) is 3.33. The van der Waals surface area contributed by atoms with E-state index in [-0.39, 0.29) is 24.4 Å². The lowest BCUT2D eigenvalue weighted by atomic mass is 10.1. The number of nitrogens with zero attached hydrogens (tertiary/aromatic N) is 2. The molecule has 1 N–H and O–H groups in total. The molecule has 1 aliphatic rings. The summed E-state index contributed by atoms with van der Waals surface area (Å²) in [5.41, 5.74) is 1.63. The number of carboxylic acid groups (broad SMARTS) is 1. The second kappa shape index (κ2) is 9.33. The molecular weight excluding hydrogens is 336 g/mol. The van der Waals surface area contributed by atoms with Crippen LogP contribution < -0.4 is 0 Å². The van der Waals surface area contributed by atoms with Crippen molar-refractivity contribution in [3.8, 4) is 0 Å². The molecule has 7 nitrogen and oxygen atoms in total. The topological polar surface area (TPSA) is 87.2 Å². The Labute approximate surface area is 153 Å². The number of rotatable bonds is 6. The standard InChI is InChI=1S/C19H26N2O5/c1-14(22)21(12-18(23)24)17-4-3-10-20(11-9-17)19(25)16-7-5-15(6-8-16)13-26-2/h5-8,17H,3-4,9-13H2,1-2H3,(H,23,24)/t17-/m0/s1. The summed E-state index contributed by atoms with van der Waals surface area (Å²) in [6, 6.07) is 7.20. The van der Waals surface area contributed by atoms with Crippen LogP contribution in [-0.4, -0.2) is 65.5 Å². The summed E-state index contributed by atoms with van der Waals surface area (Å²) in [5.74, 6) is -1.30. The number of hydrogen-bond donors (Lipinski definition) is 1. The van der Waals surface area contributed by atoms with Gasteiger partial charge in [-0.3, -0.25) is 14.4 Å². The van der Waals surface area contributed by atoms with Crippen molar-refractivity contribution in [2.75, 3.05) is 26.7 Å². The van der Waals surface area contributed by atoms with E-state index >= 15 is 0 Å². The fraction of sp³-hybridized carbons (Fsp3) is 0.526. The summed E-state index contributed by atoms with van der Waals surface area (Å²) >= 11 is 0. The predicted molar refractivity (Wildman–Crippen MR) is 95.7 cm³/mol. The van der Waals surface area contributed by atoms with Gasteiger partial charge in [-0.15, -0.1) is 0 Å². The van der Waals surface area contributed by atoms with Crippen molar-refractivity contribution in [2.45, 2.75) is 38.8 Å². The Bertz CT molecular complexity index is 644. The normalized spacial score (nSPS) is 17.5. The van der Waals surface area contributed by atoms with Gasteiger partial charge in [-0.25, -0.2) is 0 Å². The number of benzene rings is 1. The third-order valence-electron chi connectivity index (χ3n) is 4.65. The summed E-state index contributed by atoms with van der Waals surface area (Å²) in [7, 11) is 1.63. The van der Waals surface area contributed by atoms with E-state index in [9.17, 15) is 14.4 Å². The number of carboxylic acids is 1. The Morgan fingerprint density at radius 3 is 2.46 bits per heavy atom. The first kappa shape index (κ1) is 19.9. The summed E-state index contributed by atoms with van der Waals surface area (Å²) < 4.78 is 5.07. The fourth-order valence-corrected chi connectivity index (χ4v) is 3.33. The number of methoxy groups -OCH3 is 1. The SMILES string of the molecule is COCc1ccc(C(=O)N2CCC[C@H](N(CC(=O)O)C(C)=O)CC2)cc1. The lowest BCUT2D eigenvalue weighted by molar-refractivity contribution is -0.145. The van der Waals surface area contributed by atoms with Crippen molar-refractivity contribution in [1.29, 1.82) is 0 Å². The molecule has 26 heavy (non-hydrogen) atoms. The molecule has 1 atom stereocenters. The van der Waals surface area contributed by atoms with Gasteiger partial charge in [0.25, 0.3) is 5.91 Å². The highest BCUT2D eigenvalue weighted by atomic mass is 16.5. The molecule has 0 spiro atoms. The highest BCUT2D eigenvalue weighted by molar-refractivity contribution is 5.94. The number of hydrogen-bond acceptors (Lipinski definition) is 4. The summed E-state index contributed by atoms with van der Waals surface area (Å²) in [6.45, 7) is 2.71. The minimum atomic E-state index is -1.02. The molecule has 0 unspecified atom stereocenters. The molecule has 0 aliphatic carbocycles. The molecule has 142 valence electrons. The first-order valence-electron chi connectivity index (χ1n) is 8.78. The van der Waals surface area contributed by atoms with Crippen LogP contribution in [0.3, 0.4) is 0 Å². The third kappa shape index (κ3) is 5.29. The average Bonchev–Trinajstić information content (AvgIpc) is 2.85. The first-order valence-corrected chi connectivity index (χ1v) is 8.78. The van der Waals surface area contributed by atoms with Gasteiger partial charge >= 0.3 is 5.97 Å². The van der Waals surface area contributed by atoms with Gasteiger partial charge in [0, 0.05) is 38.7 Å². The predicted octanol–water partition coefficient (Wildman–Crippen LogP) is 1.76. The van der Waals surface area contributed by atoms with Crippen LogP contribution in [0.5, 0.6) is 0 Å². The Hall–Kier alpha value is -2.41. The Kier molecular flexibility index (Phi) is 7.15. The van der Waals surface area contributed by atoms with Crippen molar-refractivity contribution in [2.24, 2.45) is 0 Å². The quantitative estimate of drug-likeness (QED) is 0.833. The van der Waals surface area contributed by atoms with Crippen molar-refractivity contribution < 1.29 is 24.2 Å². The third-order valence-corrected chi connectivity index (χ3v) is 4.65. The van der Waals surface area contributed by atoms with E-state index in [4.69, 9.17) is 9.84 Å². The minimum absolute atomic E-state index is 0.0396. The van der Waals surface area contributed by atoms with Gasteiger partial charge in [0.2, 0.25) is 5.91 Å². The number of carbonyl (C=O) groups is 3. The maximum absolute atomic E-state index is 12.7. The van der Waals surface area contributed by atoms with E-state index < -0.39 is 5.97 Å². The molecule has 1 aromatic rings. The smallest absolute Gasteiger partial charge is 0.323 e. The van der Waals surface area contributed by atoms with E-state index in [0.717, 1.165) is 12.0 Å². The summed E-state index contributed by atoms with van der Waals surface area (Å²) in [4.78, 5) is 38.7. The number of amides is 2. The number of aliphatic carboxylic acids is 1. The molecule has 0 radical (unpaired) electrons. The molecule has 0 bridgehead atoms. The lowest BCUT2D eigenvalue weighted by Crippen LogP contribution is -2.43. The number of carbonyl (C=O) groups excluding carboxylic acids is 2. The average molecular weight is 362 g/mol. The van der Waals surface area contributed by atoms with Crippen molar-refractivity contribution in [1.82, 2.24) is 9.80 Å². The second-order valence-electron chi connectivity index (χ2n) is 6.55. The molecular formula is C19H26N2O5. The van der Waals surface area contributed by atoms with Crippen LogP contribution >= 0.6 is 0 Å². The van der Waals surface area contributed by atoms with Gasteiger partial charge in [-0.05, 0) is 37.0 Å². The van der Waals surface area contributed by atoms with Crippen LogP contribution in [0.15, 0.2) is 24.3 Å². The Balaban J connectivity index is 2.01. The molecule has 1 fully saturated rings. The Morgan fingerprint density at radius 1 is 1.19 bits per heavy atom. The van der Waals surface area contributed by atoms with E-state index in [1.54, 1.807) is 24.1 Å². The van der Waals surface area contributed by atoms with Crippen LogP contribution in [-0.2, 0) is 20.9 Å². The molecule has 1 aromatic carbocycles. The molecule has 0 aromatic heterocycles. The maximum Gasteiger partial charge on any atom is 0.323 e. The molecule has 7 heteroatoms. The van der Waals surface area contributed by atoms with Gasteiger partial charge in [-0.1, -0.05) is 12.1 Å².